The van der Waals surface area contributed by atoms with Crippen LogP contribution in [-0.2, 0) is 0 Å². The quantitative estimate of drug-likeness (QED) is 0.890. The Morgan fingerprint density at radius 3 is 2.44 bits per heavy atom. The summed E-state index contributed by atoms with van der Waals surface area (Å²) in [5, 5.41) is 3.13. The monoisotopic (exact) mass is 282 g/mol. The van der Waals surface area contributed by atoms with Gasteiger partial charge in [0.25, 0.3) is 5.91 Å². The maximum atomic E-state index is 11.9. The topological polar surface area (TPSA) is 62.0 Å². The summed E-state index contributed by atoms with van der Waals surface area (Å²) in [7, 11) is 0. The van der Waals surface area contributed by atoms with Crippen molar-refractivity contribution in [3.05, 3.63) is 62.5 Å². The molecule has 0 radical (unpaired) electrons. The van der Waals surface area contributed by atoms with E-state index < -0.39 is 5.91 Å². The van der Waals surface area contributed by atoms with Gasteiger partial charge in [0.2, 0.25) is 0 Å². The van der Waals surface area contributed by atoms with Crippen molar-refractivity contribution in [1.82, 2.24) is 4.98 Å². The Morgan fingerprint density at radius 1 is 1.17 bits per heavy atom. The molecule has 0 unspecified atom stereocenters. The Hall–Kier alpha value is -1.78. The number of hydrogen-bond acceptors (Lipinski definition) is 2. The SMILES string of the molecule is O=C(Nc1c(Cl)cccc1Cl)c1c[nH]ccc1=O. The fourth-order valence-corrected chi connectivity index (χ4v) is 1.88. The number of carbonyl (C=O) groups is 1. The zero-order chi connectivity index (χ0) is 13.1. The standard InChI is InChI=1S/C12H8Cl2N2O2/c13-8-2-1-3-9(14)11(8)16-12(18)7-6-15-5-4-10(7)17/h1-6H,(H,15,17)(H,16,18). The molecule has 6 heteroatoms. The first-order chi connectivity index (χ1) is 8.59. The predicted molar refractivity (Wildman–Crippen MR) is 71.5 cm³/mol. The number of hydrogen-bond donors (Lipinski definition) is 2. The van der Waals surface area contributed by atoms with Crippen LogP contribution in [0.15, 0.2) is 41.5 Å². The first-order valence-corrected chi connectivity index (χ1v) is 5.77. The second-order valence-electron chi connectivity index (χ2n) is 3.47. The number of amides is 1. The van der Waals surface area contributed by atoms with Crippen molar-refractivity contribution in [2.45, 2.75) is 0 Å². The van der Waals surface area contributed by atoms with Crippen LogP contribution in [0, 0.1) is 0 Å². The molecule has 0 bridgehead atoms. The Morgan fingerprint density at radius 2 is 1.83 bits per heavy atom. The molecule has 18 heavy (non-hydrogen) atoms. The number of pyridine rings is 1. The van der Waals surface area contributed by atoms with E-state index in [2.05, 4.69) is 10.3 Å². The van der Waals surface area contributed by atoms with Gasteiger partial charge in [-0.2, -0.15) is 0 Å². The van der Waals surface area contributed by atoms with E-state index in [1.807, 2.05) is 0 Å². The zero-order valence-electron chi connectivity index (χ0n) is 9.04. The van der Waals surface area contributed by atoms with Crippen LogP contribution >= 0.6 is 23.2 Å². The Balaban J connectivity index is 2.33. The van der Waals surface area contributed by atoms with Crippen molar-refractivity contribution in [3.8, 4) is 0 Å². The molecule has 2 N–H and O–H groups in total. The van der Waals surface area contributed by atoms with Crippen LogP contribution in [-0.4, -0.2) is 10.9 Å². The molecular weight excluding hydrogens is 275 g/mol. The second kappa shape index (κ2) is 5.25. The van der Waals surface area contributed by atoms with Crippen molar-refractivity contribution in [2.75, 3.05) is 5.32 Å². The lowest BCUT2D eigenvalue weighted by atomic mass is 10.2. The van der Waals surface area contributed by atoms with E-state index in [1.54, 1.807) is 18.2 Å². The number of carbonyl (C=O) groups excluding carboxylic acids is 1. The van der Waals surface area contributed by atoms with Gasteiger partial charge in [0.15, 0.2) is 5.43 Å². The van der Waals surface area contributed by atoms with Gasteiger partial charge >= 0.3 is 0 Å². The van der Waals surface area contributed by atoms with Crippen LogP contribution in [0.2, 0.25) is 10.0 Å². The summed E-state index contributed by atoms with van der Waals surface area (Å²) in [5.41, 5.74) is -0.100. The molecule has 0 spiro atoms. The Labute approximate surface area is 113 Å². The third-order valence-electron chi connectivity index (χ3n) is 2.27. The molecule has 0 saturated carbocycles. The summed E-state index contributed by atoms with van der Waals surface area (Å²) in [6.07, 6.45) is 2.77. The number of rotatable bonds is 2. The molecule has 0 atom stereocenters. The van der Waals surface area contributed by atoms with E-state index in [1.165, 1.54) is 18.5 Å². The highest BCUT2D eigenvalue weighted by molar-refractivity contribution is 6.40. The molecule has 2 aromatic rings. The average molecular weight is 283 g/mol. The van der Waals surface area contributed by atoms with Crippen molar-refractivity contribution in [2.24, 2.45) is 0 Å². The van der Waals surface area contributed by atoms with Crippen LogP contribution in [0.3, 0.4) is 0 Å². The molecule has 0 aliphatic heterocycles. The van der Waals surface area contributed by atoms with Gasteiger partial charge in [-0.05, 0) is 12.1 Å². The molecular formula is C12H8Cl2N2O2. The van der Waals surface area contributed by atoms with Gasteiger partial charge in [0, 0.05) is 18.5 Å². The lowest BCUT2D eigenvalue weighted by Crippen LogP contribution is -2.21. The third-order valence-corrected chi connectivity index (χ3v) is 2.90. The highest BCUT2D eigenvalue weighted by Gasteiger charge is 2.13. The molecule has 1 aromatic carbocycles. The molecule has 1 amide bonds. The van der Waals surface area contributed by atoms with Crippen molar-refractivity contribution < 1.29 is 4.79 Å². The molecule has 1 aromatic heterocycles. The largest absolute Gasteiger partial charge is 0.367 e. The minimum absolute atomic E-state index is 0.00603. The summed E-state index contributed by atoms with van der Waals surface area (Å²) in [4.78, 5) is 26.0. The normalized spacial score (nSPS) is 10.1. The van der Waals surface area contributed by atoms with Gasteiger partial charge in [0.1, 0.15) is 5.56 Å². The number of nitrogens with one attached hydrogen (secondary N) is 2. The van der Waals surface area contributed by atoms with E-state index in [0.29, 0.717) is 10.0 Å². The highest BCUT2D eigenvalue weighted by atomic mass is 35.5. The summed E-state index contributed by atoms with van der Waals surface area (Å²) < 4.78 is 0. The molecule has 0 saturated heterocycles. The summed E-state index contributed by atoms with van der Waals surface area (Å²) in [6.45, 7) is 0. The number of aromatic nitrogens is 1. The third kappa shape index (κ3) is 2.55. The van der Waals surface area contributed by atoms with Crippen molar-refractivity contribution >= 4 is 34.8 Å². The lowest BCUT2D eigenvalue weighted by Gasteiger charge is -2.08. The van der Waals surface area contributed by atoms with Gasteiger partial charge in [0.05, 0.1) is 15.7 Å². The minimum atomic E-state index is -0.563. The van der Waals surface area contributed by atoms with Gasteiger partial charge in [-0.25, -0.2) is 0 Å². The summed E-state index contributed by atoms with van der Waals surface area (Å²) in [6, 6.07) is 6.12. The number of aromatic amines is 1. The molecule has 92 valence electrons. The molecule has 0 aliphatic carbocycles. The van der Waals surface area contributed by atoms with E-state index in [-0.39, 0.29) is 16.7 Å². The van der Waals surface area contributed by atoms with Crippen LogP contribution in [0.5, 0.6) is 0 Å². The molecule has 4 nitrogen and oxygen atoms in total. The van der Waals surface area contributed by atoms with Crippen molar-refractivity contribution in [3.63, 3.8) is 0 Å². The zero-order valence-corrected chi connectivity index (χ0v) is 10.5. The van der Waals surface area contributed by atoms with Crippen LogP contribution in [0.1, 0.15) is 10.4 Å². The number of anilines is 1. The molecule has 0 fully saturated rings. The highest BCUT2D eigenvalue weighted by Crippen LogP contribution is 2.29. The number of H-pyrrole nitrogens is 1. The Kier molecular flexibility index (Phi) is 3.69. The van der Waals surface area contributed by atoms with Crippen LogP contribution in [0.25, 0.3) is 0 Å². The van der Waals surface area contributed by atoms with Gasteiger partial charge in [-0.15, -0.1) is 0 Å². The number of benzene rings is 1. The first kappa shape index (κ1) is 12.7. The molecule has 0 aliphatic rings. The van der Waals surface area contributed by atoms with Crippen LogP contribution in [0.4, 0.5) is 5.69 Å². The van der Waals surface area contributed by atoms with Gasteiger partial charge < -0.3 is 10.3 Å². The predicted octanol–water partition coefficient (Wildman–Crippen LogP) is 2.93. The minimum Gasteiger partial charge on any atom is -0.367 e. The van der Waals surface area contributed by atoms with E-state index in [4.69, 9.17) is 23.2 Å². The fraction of sp³-hybridized carbons (Fsp3) is 0. The van der Waals surface area contributed by atoms with Gasteiger partial charge in [-0.3, -0.25) is 9.59 Å². The van der Waals surface area contributed by atoms with E-state index >= 15 is 0 Å². The fourth-order valence-electron chi connectivity index (χ4n) is 1.39. The molecule has 1 heterocycles. The second-order valence-corrected chi connectivity index (χ2v) is 4.29. The van der Waals surface area contributed by atoms with Gasteiger partial charge in [-0.1, -0.05) is 29.3 Å². The summed E-state index contributed by atoms with van der Waals surface area (Å²) >= 11 is 11.8. The summed E-state index contributed by atoms with van der Waals surface area (Å²) in [5.74, 6) is -0.563. The lowest BCUT2D eigenvalue weighted by molar-refractivity contribution is 0.102. The van der Waals surface area contributed by atoms with Crippen LogP contribution < -0.4 is 10.7 Å². The Bertz CT molecular complexity index is 632. The van der Waals surface area contributed by atoms with Crippen molar-refractivity contribution in [1.29, 1.82) is 0 Å². The van der Waals surface area contributed by atoms with E-state index in [9.17, 15) is 9.59 Å². The number of halogens is 2. The molecule has 2 rings (SSSR count). The first-order valence-electron chi connectivity index (χ1n) is 5.02. The maximum Gasteiger partial charge on any atom is 0.261 e. The number of para-hydroxylation sites is 1. The smallest absolute Gasteiger partial charge is 0.261 e. The average Bonchev–Trinajstić information content (AvgIpc) is 2.34. The maximum absolute atomic E-state index is 11.9. The van der Waals surface area contributed by atoms with E-state index in [0.717, 1.165) is 0 Å².